The summed E-state index contributed by atoms with van der Waals surface area (Å²) in [5, 5.41) is 3.22. The lowest BCUT2D eigenvalue weighted by atomic mass is 10.3. The summed E-state index contributed by atoms with van der Waals surface area (Å²) < 4.78 is 0. The molecule has 0 aromatic carbocycles. The Morgan fingerprint density at radius 2 is 2.33 bits per heavy atom. The smallest absolute Gasteiger partial charge is 0.239 e. The third-order valence-corrected chi connectivity index (χ3v) is 2.56. The number of hydrazine groups is 1. The largest absolute Gasteiger partial charge is 0.370 e. The van der Waals surface area contributed by atoms with Crippen LogP contribution in [0.25, 0.3) is 0 Å². The molecule has 4 N–H and O–H groups in total. The summed E-state index contributed by atoms with van der Waals surface area (Å²) in [6.07, 6.45) is 6.17. The summed E-state index contributed by atoms with van der Waals surface area (Å²) >= 11 is 1.87. The fourth-order valence-corrected chi connectivity index (χ4v) is 1.61. The van der Waals surface area contributed by atoms with Crippen molar-refractivity contribution < 1.29 is 0 Å². The van der Waals surface area contributed by atoms with Crippen LogP contribution in [-0.4, -0.2) is 28.5 Å². The summed E-state index contributed by atoms with van der Waals surface area (Å²) in [5.74, 6) is 7.66. The first-order chi connectivity index (χ1) is 7.36. The van der Waals surface area contributed by atoms with Crippen LogP contribution in [0.2, 0.25) is 0 Å². The number of aromatic nitrogens is 2. The first kappa shape index (κ1) is 12.1. The van der Waals surface area contributed by atoms with Gasteiger partial charge in [0.2, 0.25) is 5.95 Å². The number of hydrogen-bond acceptors (Lipinski definition) is 6. The first-order valence-electron chi connectivity index (χ1n) is 4.89. The molecule has 0 spiro atoms. The molecular weight excluding hydrogens is 210 g/mol. The molecule has 0 fully saturated rings. The molecule has 1 aromatic rings. The van der Waals surface area contributed by atoms with Gasteiger partial charge in [-0.15, -0.1) is 0 Å². The second kappa shape index (κ2) is 7.30. The van der Waals surface area contributed by atoms with Crippen molar-refractivity contribution in [2.24, 2.45) is 5.84 Å². The summed E-state index contributed by atoms with van der Waals surface area (Å²) in [6.45, 7) is 0.932. The van der Waals surface area contributed by atoms with E-state index in [0.717, 1.165) is 18.8 Å². The maximum absolute atomic E-state index is 5.21. The summed E-state index contributed by atoms with van der Waals surface area (Å²) in [6, 6.07) is 1.83. The number of anilines is 2. The van der Waals surface area contributed by atoms with Gasteiger partial charge in [-0.1, -0.05) is 0 Å². The zero-order valence-electron chi connectivity index (χ0n) is 8.86. The van der Waals surface area contributed by atoms with Gasteiger partial charge in [0.25, 0.3) is 0 Å². The third kappa shape index (κ3) is 4.85. The number of rotatable bonds is 7. The van der Waals surface area contributed by atoms with Crippen molar-refractivity contribution in [3.05, 3.63) is 12.3 Å². The van der Waals surface area contributed by atoms with E-state index in [4.69, 9.17) is 5.84 Å². The Labute approximate surface area is 94.2 Å². The number of nitrogens with two attached hydrogens (primary N) is 1. The Hall–Kier alpha value is -1.01. The summed E-state index contributed by atoms with van der Waals surface area (Å²) in [7, 11) is 0. The predicted molar refractivity (Wildman–Crippen MR) is 65.9 cm³/mol. The van der Waals surface area contributed by atoms with Crippen molar-refractivity contribution in [1.29, 1.82) is 0 Å². The molecule has 6 heteroatoms. The van der Waals surface area contributed by atoms with E-state index in [1.807, 2.05) is 17.8 Å². The van der Waals surface area contributed by atoms with Crippen molar-refractivity contribution in [1.82, 2.24) is 9.97 Å². The molecule has 1 rings (SSSR count). The van der Waals surface area contributed by atoms with Gasteiger partial charge < -0.3 is 5.32 Å². The highest BCUT2D eigenvalue weighted by atomic mass is 32.2. The van der Waals surface area contributed by atoms with Crippen molar-refractivity contribution >= 4 is 23.5 Å². The van der Waals surface area contributed by atoms with E-state index in [1.165, 1.54) is 12.2 Å². The molecule has 0 radical (unpaired) electrons. The van der Waals surface area contributed by atoms with Crippen molar-refractivity contribution in [3.8, 4) is 0 Å². The quantitative estimate of drug-likeness (QED) is 0.370. The summed E-state index contributed by atoms with van der Waals surface area (Å²) in [5.41, 5.74) is 2.41. The van der Waals surface area contributed by atoms with Crippen LogP contribution in [0.1, 0.15) is 12.8 Å². The minimum absolute atomic E-state index is 0.434. The highest BCUT2D eigenvalue weighted by Gasteiger charge is 1.95. The molecular formula is C9H17N5S. The fraction of sp³-hybridized carbons (Fsp3) is 0.556. The molecule has 0 unspecified atom stereocenters. The number of nitrogens with one attached hydrogen (secondary N) is 2. The monoisotopic (exact) mass is 227 g/mol. The van der Waals surface area contributed by atoms with Crippen LogP contribution < -0.4 is 16.6 Å². The molecule has 15 heavy (non-hydrogen) atoms. The van der Waals surface area contributed by atoms with Gasteiger partial charge in [0.1, 0.15) is 5.82 Å². The predicted octanol–water partition coefficient (Wildman–Crippen LogP) is 1.32. The summed E-state index contributed by atoms with van der Waals surface area (Å²) in [4.78, 5) is 8.07. The van der Waals surface area contributed by atoms with E-state index in [2.05, 4.69) is 27.0 Å². The SMILES string of the molecule is CSCCCCNc1ccnc(NN)n1. The molecule has 5 nitrogen and oxygen atoms in total. The van der Waals surface area contributed by atoms with E-state index in [0.29, 0.717) is 5.95 Å². The Morgan fingerprint density at radius 3 is 3.07 bits per heavy atom. The topological polar surface area (TPSA) is 75.9 Å². The molecule has 0 bridgehead atoms. The molecule has 0 saturated heterocycles. The Balaban J connectivity index is 2.24. The van der Waals surface area contributed by atoms with Gasteiger partial charge in [-0.05, 0) is 30.9 Å². The standard InChI is InChI=1S/C9H17N5S/c1-15-7-3-2-5-11-8-4-6-12-9(13-8)14-10/h4,6H,2-3,5,7,10H2,1H3,(H2,11,12,13,14). The van der Waals surface area contributed by atoms with Crippen LogP contribution in [0.15, 0.2) is 12.3 Å². The second-order valence-electron chi connectivity index (χ2n) is 3.04. The zero-order chi connectivity index (χ0) is 10.9. The molecule has 0 aliphatic carbocycles. The van der Waals surface area contributed by atoms with Crippen LogP contribution >= 0.6 is 11.8 Å². The van der Waals surface area contributed by atoms with Gasteiger partial charge >= 0.3 is 0 Å². The van der Waals surface area contributed by atoms with E-state index < -0.39 is 0 Å². The molecule has 0 amide bonds. The van der Waals surface area contributed by atoms with Gasteiger partial charge in [-0.2, -0.15) is 16.7 Å². The Kier molecular flexibility index (Phi) is 5.87. The fourth-order valence-electron chi connectivity index (χ4n) is 1.11. The highest BCUT2D eigenvalue weighted by molar-refractivity contribution is 7.98. The number of nitrogen functional groups attached to an aromatic ring is 1. The number of nitrogens with zero attached hydrogens (tertiary/aromatic N) is 2. The maximum Gasteiger partial charge on any atom is 0.239 e. The Bertz CT molecular complexity index is 281. The van der Waals surface area contributed by atoms with Crippen molar-refractivity contribution in [3.63, 3.8) is 0 Å². The van der Waals surface area contributed by atoms with Gasteiger partial charge in [0.15, 0.2) is 0 Å². The van der Waals surface area contributed by atoms with Gasteiger partial charge in [0, 0.05) is 12.7 Å². The van der Waals surface area contributed by atoms with E-state index >= 15 is 0 Å². The van der Waals surface area contributed by atoms with Crippen LogP contribution in [-0.2, 0) is 0 Å². The minimum atomic E-state index is 0.434. The number of unbranched alkanes of at least 4 members (excludes halogenated alkanes) is 1. The molecule has 0 aliphatic rings. The minimum Gasteiger partial charge on any atom is -0.370 e. The maximum atomic E-state index is 5.21. The van der Waals surface area contributed by atoms with Crippen LogP contribution in [0.3, 0.4) is 0 Å². The number of hydrogen-bond donors (Lipinski definition) is 3. The molecule has 0 atom stereocenters. The number of thioether (sulfide) groups is 1. The molecule has 1 aromatic heterocycles. The van der Waals surface area contributed by atoms with E-state index in [-0.39, 0.29) is 0 Å². The molecule has 1 heterocycles. The van der Waals surface area contributed by atoms with Gasteiger partial charge in [-0.25, -0.2) is 10.8 Å². The van der Waals surface area contributed by atoms with Crippen LogP contribution in [0, 0.1) is 0 Å². The second-order valence-corrected chi connectivity index (χ2v) is 4.02. The lowest BCUT2D eigenvalue weighted by molar-refractivity contribution is 0.839. The first-order valence-corrected chi connectivity index (χ1v) is 6.28. The lowest BCUT2D eigenvalue weighted by Crippen LogP contribution is -2.12. The molecule has 84 valence electrons. The Morgan fingerprint density at radius 1 is 1.47 bits per heavy atom. The zero-order valence-corrected chi connectivity index (χ0v) is 9.68. The van der Waals surface area contributed by atoms with Crippen LogP contribution in [0.5, 0.6) is 0 Å². The average molecular weight is 227 g/mol. The van der Waals surface area contributed by atoms with Gasteiger partial charge in [0.05, 0.1) is 0 Å². The van der Waals surface area contributed by atoms with Gasteiger partial charge in [-0.3, -0.25) is 5.43 Å². The van der Waals surface area contributed by atoms with Crippen LogP contribution in [0.4, 0.5) is 11.8 Å². The van der Waals surface area contributed by atoms with E-state index in [1.54, 1.807) is 6.20 Å². The highest BCUT2D eigenvalue weighted by Crippen LogP contribution is 2.05. The van der Waals surface area contributed by atoms with E-state index in [9.17, 15) is 0 Å². The normalized spacial score (nSPS) is 10.0. The third-order valence-electron chi connectivity index (χ3n) is 1.87. The molecule has 0 saturated carbocycles. The average Bonchev–Trinajstić information content (AvgIpc) is 2.29. The lowest BCUT2D eigenvalue weighted by Gasteiger charge is -2.05. The molecule has 0 aliphatic heterocycles. The van der Waals surface area contributed by atoms with Crippen molar-refractivity contribution in [2.75, 3.05) is 29.3 Å². The van der Waals surface area contributed by atoms with Crippen molar-refractivity contribution in [2.45, 2.75) is 12.8 Å².